The normalized spacial score (nSPS) is 31.4. The molecule has 0 aromatic rings. The molecule has 0 bridgehead atoms. The smallest absolute Gasteiger partial charge is 0.227 e. The van der Waals surface area contributed by atoms with E-state index in [9.17, 15) is 4.79 Å². The highest BCUT2D eigenvalue weighted by molar-refractivity contribution is 5.83. The van der Waals surface area contributed by atoms with Crippen LogP contribution in [-0.4, -0.2) is 25.0 Å². The molecule has 2 fully saturated rings. The molecule has 0 spiro atoms. The van der Waals surface area contributed by atoms with E-state index in [0.29, 0.717) is 6.04 Å². The van der Waals surface area contributed by atoms with Crippen LogP contribution in [0.1, 0.15) is 46.0 Å². The first-order chi connectivity index (χ1) is 7.66. The molecule has 3 nitrogen and oxygen atoms in total. The van der Waals surface area contributed by atoms with Gasteiger partial charge in [0, 0.05) is 12.6 Å². The van der Waals surface area contributed by atoms with Gasteiger partial charge in [0.1, 0.15) is 0 Å². The van der Waals surface area contributed by atoms with E-state index in [4.69, 9.17) is 0 Å². The van der Waals surface area contributed by atoms with Crippen molar-refractivity contribution < 1.29 is 4.79 Å². The fourth-order valence-electron chi connectivity index (χ4n) is 2.69. The summed E-state index contributed by atoms with van der Waals surface area (Å²) in [6, 6.07) is 0.351. The highest BCUT2D eigenvalue weighted by Crippen LogP contribution is 2.34. The molecule has 1 saturated heterocycles. The second kappa shape index (κ2) is 4.74. The average molecular weight is 224 g/mol. The van der Waals surface area contributed by atoms with E-state index in [2.05, 4.69) is 24.5 Å². The highest BCUT2D eigenvalue weighted by atomic mass is 16.2. The van der Waals surface area contributed by atoms with Gasteiger partial charge in [-0.2, -0.15) is 0 Å². The van der Waals surface area contributed by atoms with E-state index in [0.717, 1.165) is 31.8 Å². The van der Waals surface area contributed by atoms with Crippen LogP contribution in [0.25, 0.3) is 0 Å². The van der Waals surface area contributed by atoms with Gasteiger partial charge in [0.05, 0.1) is 5.41 Å². The minimum Gasteiger partial charge on any atom is -0.353 e. The molecule has 16 heavy (non-hydrogen) atoms. The molecule has 92 valence electrons. The lowest BCUT2D eigenvalue weighted by Gasteiger charge is -2.27. The van der Waals surface area contributed by atoms with Crippen molar-refractivity contribution >= 4 is 5.91 Å². The third-order valence-corrected chi connectivity index (χ3v) is 4.16. The van der Waals surface area contributed by atoms with Gasteiger partial charge in [0.25, 0.3) is 0 Å². The Kier molecular flexibility index (Phi) is 3.53. The summed E-state index contributed by atoms with van der Waals surface area (Å²) in [7, 11) is 0. The van der Waals surface area contributed by atoms with E-state index < -0.39 is 0 Å². The van der Waals surface area contributed by atoms with Crippen molar-refractivity contribution in [2.45, 2.75) is 52.0 Å². The molecule has 0 aromatic heterocycles. The Balaban J connectivity index is 1.84. The standard InChI is InChI=1S/C13H24N2O/c1-3-13(6-7-14-9-13)12(16)15-10(2)8-11-4-5-11/h10-11,14H,3-9H2,1-2H3,(H,15,16). The first-order valence-electron chi connectivity index (χ1n) is 6.68. The van der Waals surface area contributed by atoms with Crippen molar-refractivity contribution in [2.24, 2.45) is 11.3 Å². The van der Waals surface area contributed by atoms with Crippen molar-refractivity contribution in [3.63, 3.8) is 0 Å². The van der Waals surface area contributed by atoms with Gasteiger partial charge >= 0.3 is 0 Å². The number of carbonyl (C=O) groups is 1. The van der Waals surface area contributed by atoms with E-state index in [1.807, 2.05) is 0 Å². The van der Waals surface area contributed by atoms with Crippen molar-refractivity contribution in [3.8, 4) is 0 Å². The molecule has 3 heteroatoms. The number of amides is 1. The quantitative estimate of drug-likeness (QED) is 0.746. The summed E-state index contributed by atoms with van der Waals surface area (Å²) < 4.78 is 0. The molecular weight excluding hydrogens is 200 g/mol. The van der Waals surface area contributed by atoms with Gasteiger partial charge in [0.2, 0.25) is 5.91 Å². The highest BCUT2D eigenvalue weighted by Gasteiger charge is 2.40. The van der Waals surface area contributed by atoms with Crippen LogP contribution in [0.4, 0.5) is 0 Å². The zero-order valence-electron chi connectivity index (χ0n) is 10.5. The van der Waals surface area contributed by atoms with Crippen molar-refractivity contribution in [3.05, 3.63) is 0 Å². The molecule has 2 rings (SSSR count). The fraction of sp³-hybridized carbons (Fsp3) is 0.923. The van der Waals surface area contributed by atoms with Crippen LogP contribution < -0.4 is 10.6 Å². The lowest BCUT2D eigenvalue weighted by molar-refractivity contribution is -0.131. The summed E-state index contributed by atoms with van der Waals surface area (Å²) in [5, 5.41) is 6.52. The van der Waals surface area contributed by atoms with Gasteiger partial charge in [-0.1, -0.05) is 19.8 Å². The monoisotopic (exact) mass is 224 g/mol. The Hall–Kier alpha value is -0.570. The van der Waals surface area contributed by atoms with Crippen LogP contribution in [0, 0.1) is 11.3 Å². The Morgan fingerprint density at radius 2 is 2.31 bits per heavy atom. The minimum absolute atomic E-state index is 0.127. The first-order valence-corrected chi connectivity index (χ1v) is 6.68. The Labute approximate surface area is 98.4 Å². The largest absolute Gasteiger partial charge is 0.353 e. The molecule has 0 radical (unpaired) electrons. The van der Waals surface area contributed by atoms with Crippen molar-refractivity contribution in [2.75, 3.05) is 13.1 Å². The van der Waals surface area contributed by atoms with Crippen LogP contribution >= 0.6 is 0 Å². The molecule has 1 aliphatic carbocycles. The van der Waals surface area contributed by atoms with Gasteiger partial charge in [-0.3, -0.25) is 4.79 Å². The maximum atomic E-state index is 12.3. The van der Waals surface area contributed by atoms with Gasteiger partial charge in [-0.25, -0.2) is 0 Å². The predicted octanol–water partition coefficient (Wildman–Crippen LogP) is 1.68. The van der Waals surface area contributed by atoms with Crippen LogP contribution in [0.3, 0.4) is 0 Å². The molecule has 2 N–H and O–H groups in total. The number of hydrogen-bond acceptors (Lipinski definition) is 2. The van der Waals surface area contributed by atoms with Crippen LogP contribution in [-0.2, 0) is 4.79 Å². The van der Waals surface area contributed by atoms with E-state index in [-0.39, 0.29) is 11.3 Å². The second-order valence-corrected chi connectivity index (χ2v) is 5.61. The molecule has 2 unspecified atom stereocenters. The lowest BCUT2D eigenvalue weighted by atomic mass is 9.83. The third kappa shape index (κ3) is 2.57. The molecule has 2 atom stereocenters. The molecule has 1 heterocycles. The number of nitrogens with one attached hydrogen (secondary N) is 2. The van der Waals surface area contributed by atoms with Crippen molar-refractivity contribution in [1.29, 1.82) is 0 Å². The minimum atomic E-state index is -0.127. The number of rotatable bonds is 5. The van der Waals surface area contributed by atoms with Crippen LogP contribution in [0.5, 0.6) is 0 Å². The maximum Gasteiger partial charge on any atom is 0.227 e. The maximum absolute atomic E-state index is 12.3. The number of carbonyl (C=O) groups excluding carboxylic acids is 1. The Bertz CT molecular complexity index is 255. The summed E-state index contributed by atoms with van der Waals surface area (Å²) in [4.78, 5) is 12.3. The topological polar surface area (TPSA) is 41.1 Å². The summed E-state index contributed by atoms with van der Waals surface area (Å²) >= 11 is 0. The van der Waals surface area contributed by atoms with Crippen molar-refractivity contribution in [1.82, 2.24) is 10.6 Å². The number of hydrogen-bond donors (Lipinski definition) is 2. The molecule has 0 aromatic carbocycles. The summed E-state index contributed by atoms with van der Waals surface area (Å²) in [6.07, 6.45) is 5.83. The predicted molar refractivity (Wildman–Crippen MR) is 65.2 cm³/mol. The SMILES string of the molecule is CCC1(C(=O)NC(C)CC2CC2)CCNC1. The third-order valence-electron chi connectivity index (χ3n) is 4.16. The Morgan fingerprint density at radius 1 is 1.56 bits per heavy atom. The molecule has 1 amide bonds. The Morgan fingerprint density at radius 3 is 2.81 bits per heavy atom. The molecule has 2 aliphatic rings. The van der Waals surface area contributed by atoms with Gasteiger partial charge in [0.15, 0.2) is 0 Å². The lowest BCUT2D eigenvalue weighted by Crippen LogP contribution is -2.45. The molecular formula is C13H24N2O. The molecule has 1 saturated carbocycles. The summed E-state index contributed by atoms with van der Waals surface area (Å²) in [6.45, 7) is 6.10. The van der Waals surface area contributed by atoms with Gasteiger partial charge in [-0.05, 0) is 38.6 Å². The average Bonchev–Trinajstić information content (AvgIpc) is 2.93. The van der Waals surface area contributed by atoms with Crippen LogP contribution in [0.2, 0.25) is 0 Å². The first kappa shape index (κ1) is 11.9. The van der Waals surface area contributed by atoms with E-state index in [1.165, 1.54) is 19.3 Å². The fourth-order valence-corrected chi connectivity index (χ4v) is 2.69. The van der Waals surface area contributed by atoms with E-state index >= 15 is 0 Å². The zero-order valence-corrected chi connectivity index (χ0v) is 10.5. The zero-order chi connectivity index (χ0) is 11.6. The summed E-state index contributed by atoms with van der Waals surface area (Å²) in [5.41, 5.74) is -0.127. The second-order valence-electron chi connectivity index (χ2n) is 5.61. The van der Waals surface area contributed by atoms with Gasteiger partial charge < -0.3 is 10.6 Å². The molecule has 1 aliphatic heterocycles. The van der Waals surface area contributed by atoms with Crippen LogP contribution in [0.15, 0.2) is 0 Å². The van der Waals surface area contributed by atoms with Gasteiger partial charge in [-0.15, -0.1) is 0 Å². The van der Waals surface area contributed by atoms with E-state index in [1.54, 1.807) is 0 Å². The summed E-state index contributed by atoms with van der Waals surface area (Å²) in [5.74, 6) is 1.16.